The largest absolute Gasteiger partial charge is 0.389 e. The molecule has 0 spiro atoms. The molecular formula is C10H10F4. The van der Waals surface area contributed by atoms with Gasteiger partial charge in [-0.15, -0.1) is 0 Å². The van der Waals surface area contributed by atoms with E-state index in [4.69, 9.17) is 0 Å². The number of benzene rings is 1. The zero-order valence-electron chi connectivity index (χ0n) is 7.44. The van der Waals surface area contributed by atoms with Gasteiger partial charge in [-0.1, -0.05) is 12.1 Å². The molecule has 0 saturated heterocycles. The lowest BCUT2D eigenvalue weighted by molar-refractivity contribution is -0.135. The highest BCUT2D eigenvalue weighted by Gasteiger charge is 2.25. The molecule has 1 rings (SSSR count). The number of aryl methyl sites for hydroxylation is 1. The SMILES string of the molecule is Fc1ccc(CCCC(F)(F)F)cc1. The van der Waals surface area contributed by atoms with Gasteiger partial charge in [0, 0.05) is 6.42 Å². The lowest BCUT2D eigenvalue weighted by Gasteiger charge is -2.05. The minimum Gasteiger partial charge on any atom is -0.207 e. The Morgan fingerprint density at radius 2 is 1.57 bits per heavy atom. The molecule has 0 radical (unpaired) electrons. The second-order valence-corrected chi connectivity index (χ2v) is 3.10. The first-order valence-corrected chi connectivity index (χ1v) is 4.28. The van der Waals surface area contributed by atoms with Crippen LogP contribution in [0, 0.1) is 5.82 Å². The summed E-state index contributed by atoms with van der Waals surface area (Å²) in [6.45, 7) is 0. The van der Waals surface area contributed by atoms with Crippen LogP contribution >= 0.6 is 0 Å². The first kappa shape index (κ1) is 11.0. The molecule has 0 aliphatic heterocycles. The molecule has 0 aromatic heterocycles. The smallest absolute Gasteiger partial charge is 0.207 e. The standard InChI is InChI=1S/C10H10F4/c11-9-5-3-8(4-6-9)2-1-7-10(12,13)14/h3-6H,1-2,7H2. The first-order chi connectivity index (χ1) is 6.47. The van der Waals surface area contributed by atoms with Crippen LogP contribution in [0.1, 0.15) is 18.4 Å². The fraction of sp³-hybridized carbons (Fsp3) is 0.400. The van der Waals surface area contributed by atoms with Gasteiger partial charge in [0.1, 0.15) is 5.82 Å². The van der Waals surface area contributed by atoms with E-state index >= 15 is 0 Å². The summed E-state index contributed by atoms with van der Waals surface area (Å²) in [6, 6.07) is 5.52. The van der Waals surface area contributed by atoms with E-state index in [1.165, 1.54) is 24.3 Å². The number of hydrogen-bond acceptors (Lipinski definition) is 0. The predicted octanol–water partition coefficient (Wildman–Crippen LogP) is 3.71. The molecule has 14 heavy (non-hydrogen) atoms. The zero-order valence-corrected chi connectivity index (χ0v) is 7.44. The predicted molar refractivity (Wildman–Crippen MR) is 45.4 cm³/mol. The van der Waals surface area contributed by atoms with Gasteiger partial charge in [0.15, 0.2) is 0 Å². The maximum atomic E-state index is 12.4. The van der Waals surface area contributed by atoms with Crippen LogP contribution in [-0.2, 0) is 6.42 Å². The molecule has 0 heterocycles. The van der Waals surface area contributed by atoms with Crippen molar-refractivity contribution in [2.45, 2.75) is 25.4 Å². The summed E-state index contributed by atoms with van der Waals surface area (Å²) in [7, 11) is 0. The Morgan fingerprint density at radius 3 is 2.07 bits per heavy atom. The molecule has 0 aliphatic rings. The molecule has 0 N–H and O–H groups in total. The molecule has 0 unspecified atom stereocenters. The normalized spacial score (nSPS) is 11.7. The molecule has 0 atom stereocenters. The van der Waals surface area contributed by atoms with Gasteiger partial charge in [-0.3, -0.25) is 0 Å². The van der Waals surface area contributed by atoms with Gasteiger partial charge in [0.25, 0.3) is 0 Å². The van der Waals surface area contributed by atoms with Crippen molar-refractivity contribution in [3.05, 3.63) is 35.6 Å². The van der Waals surface area contributed by atoms with E-state index in [0.717, 1.165) is 5.56 Å². The molecule has 1 aromatic carbocycles. The van der Waals surface area contributed by atoms with Crippen molar-refractivity contribution in [2.75, 3.05) is 0 Å². The third kappa shape index (κ3) is 4.25. The topological polar surface area (TPSA) is 0 Å². The van der Waals surface area contributed by atoms with Gasteiger partial charge in [-0.2, -0.15) is 13.2 Å². The van der Waals surface area contributed by atoms with Crippen molar-refractivity contribution >= 4 is 0 Å². The van der Waals surface area contributed by atoms with Crippen molar-refractivity contribution in [3.8, 4) is 0 Å². The van der Waals surface area contributed by atoms with Crippen LogP contribution in [-0.4, -0.2) is 6.18 Å². The molecule has 78 valence electrons. The van der Waals surface area contributed by atoms with Crippen LogP contribution in [0.2, 0.25) is 0 Å². The number of halogens is 4. The second kappa shape index (κ2) is 4.44. The van der Waals surface area contributed by atoms with E-state index < -0.39 is 12.6 Å². The van der Waals surface area contributed by atoms with Crippen LogP contribution in [0.15, 0.2) is 24.3 Å². The monoisotopic (exact) mass is 206 g/mol. The number of alkyl halides is 3. The molecular weight excluding hydrogens is 196 g/mol. The summed E-state index contributed by atoms with van der Waals surface area (Å²) in [6.07, 6.45) is -4.50. The Labute approximate surface area is 79.6 Å². The Morgan fingerprint density at radius 1 is 1.00 bits per heavy atom. The first-order valence-electron chi connectivity index (χ1n) is 4.28. The number of rotatable bonds is 3. The van der Waals surface area contributed by atoms with Crippen molar-refractivity contribution in [1.82, 2.24) is 0 Å². The molecule has 0 saturated carbocycles. The maximum Gasteiger partial charge on any atom is 0.389 e. The van der Waals surface area contributed by atoms with E-state index in [1.807, 2.05) is 0 Å². The van der Waals surface area contributed by atoms with Crippen LogP contribution in [0.5, 0.6) is 0 Å². The second-order valence-electron chi connectivity index (χ2n) is 3.10. The van der Waals surface area contributed by atoms with Gasteiger partial charge in [-0.25, -0.2) is 4.39 Å². The van der Waals surface area contributed by atoms with Gasteiger partial charge in [-0.05, 0) is 30.5 Å². The fourth-order valence-electron chi connectivity index (χ4n) is 1.14. The summed E-state index contributed by atoms with van der Waals surface area (Å²) < 4.78 is 47.7. The Balaban J connectivity index is 2.35. The van der Waals surface area contributed by atoms with Crippen molar-refractivity contribution in [2.24, 2.45) is 0 Å². The maximum absolute atomic E-state index is 12.4. The van der Waals surface area contributed by atoms with Gasteiger partial charge < -0.3 is 0 Å². The average molecular weight is 206 g/mol. The summed E-state index contributed by atoms with van der Waals surface area (Å²) in [5, 5.41) is 0. The van der Waals surface area contributed by atoms with E-state index in [-0.39, 0.29) is 12.2 Å². The minimum atomic E-state index is -4.10. The third-order valence-electron chi connectivity index (χ3n) is 1.84. The molecule has 0 aliphatic carbocycles. The van der Waals surface area contributed by atoms with Crippen LogP contribution in [0.3, 0.4) is 0 Å². The molecule has 0 fully saturated rings. The summed E-state index contributed by atoms with van der Waals surface area (Å²) in [5.74, 6) is -0.371. The Kier molecular flexibility index (Phi) is 3.49. The summed E-state index contributed by atoms with van der Waals surface area (Å²) in [4.78, 5) is 0. The van der Waals surface area contributed by atoms with Crippen LogP contribution in [0.4, 0.5) is 17.6 Å². The van der Waals surface area contributed by atoms with E-state index in [2.05, 4.69) is 0 Å². The quantitative estimate of drug-likeness (QED) is 0.661. The Hall–Kier alpha value is -1.06. The van der Waals surface area contributed by atoms with E-state index in [9.17, 15) is 17.6 Å². The van der Waals surface area contributed by atoms with Crippen molar-refractivity contribution in [1.29, 1.82) is 0 Å². The molecule has 4 heteroatoms. The average Bonchev–Trinajstić information content (AvgIpc) is 2.06. The lowest BCUT2D eigenvalue weighted by Crippen LogP contribution is -2.07. The van der Waals surface area contributed by atoms with Gasteiger partial charge in [0.2, 0.25) is 0 Å². The van der Waals surface area contributed by atoms with Crippen LogP contribution < -0.4 is 0 Å². The molecule has 0 amide bonds. The Bertz CT molecular complexity index is 273. The lowest BCUT2D eigenvalue weighted by atomic mass is 10.1. The van der Waals surface area contributed by atoms with Crippen molar-refractivity contribution < 1.29 is 17.6 Å². The van der Waals surface area contributed by atoms with Gasteiger partial charge in [0.05, 0.1) is 0 Å². The van der Waals surface area contributed by atoms with E-state index in [1.54, 1.807) is 0 Å². The summed E-state index contributed by atoms with van der Waals surface area (Å²) in [5.41, 5.74) is 0.732. The van der Waals surface area contributed by atoms with Crippen molar-refractivity contribution in [3.63, 3.8) is 0 Å². The van der Waals surface area contributed by atoms with E-state index in [0.29, 0.717) is 6.42 Å². The minimum absolute atomic E-state index is 0.0507. The highest BCUT2D eigenvalue weighted by Crippen LogP contribution is 2.22. The molecule has 0 bridgehead atoms. The molecule has 1 aromatic rings. The summed E-state index contributed by atoms with van der Waals surface area (Å²) >= 11 is 0. The van der Waals surface area contributed by atoms with Crippen LogP contribution in [0.25, 0.3) is 0 Å². The highest BCUT2D eigenvalue weighted by molar-refractivity contribution is 5.15. The highest BCUT2D eigenvalue weighted by atomic mass is 19.4. The zero-order chi connectivity index (χ0) is 10.6. The third-order valence-corrected chi connectivity index (χ3v) is 1.84. The molecule has 0 nitrogen and oxygen atoms in total. The fourth-order valence-corrected chi connectivity index (χ4v) is 1.14. The van der Waals surface area contributed by atoms with Gasteiger partial charge >= 0.3 is 6.18 Å². The number of hydrogen-bond donors (Lipinski definition) is 0.